The summed E-state index contributed by atoms with van der Waals surface area (Å²) in [6, 6.07) is 40.5. The maximum absolute atomic E-state index is 13.4. The maximum atomic E-state index is 13.4. The molecule has 0 aromatic heterocycles. The summed E-state index contributed by atoms with van der Waals surface area (Å²) in [6.45, 7) is 14.7. The lowest BCUT2D eigenvalue weighted by Gasteiger charge is -2.47. The van der Waals surface area contributed by atoms with Gasteiger partial charge in [0.25, 0.3) is 16.6 Å². The summed E-state index contributed by atoms with van der Waals surface area (Å²) >= 11 is 0. The molecule has 0 unspecified atom stereocenters. The molecule has 0 spiro atoms. The molecule has 4 aromatic carbocycles. The van der Waals surface area contributed by atoms with Gasteiger partial charge in [-0.2, -0.15) is 0 Å². The van der Waals surface area contributed by atoms with E-state index in [4.69, 9.17) is 13.6 Å². The van der Waals surface area contributed by atoms with Gasteiger partial charge in [-0.05, 0) is 37.7 Å². The van der Waals surface area contributed by atoms with Gasteiger partial charge < -0.3 is 18.4 Å². The molecule has 0 saturated heterocycles. The van der Waals surface area contributed by atoms with E-state index in [9.17, 15) is 14.4 Å². The van der Waals surface area contributed by atoms with Crippen molar-refractivity contribution in [3.8, 4) is 0 Å². The van der Waals surface area contributed by atoms with Gasteiger partial charge in [-0.15, -0.1) is 0 Å². The molecule has 0 fully saturated rings. The maximum Gasteiger partial charge on any atom is 0.374 e. The number of hydrogen-bond acceptors (Lipinski definition) is 6. The lowest BCUT2D eigenvalue weighted by molar-refractivity contribution is -0.154. The van der Waals surface area contributed by atoms with E-state index >= 15 is 0 Å². The van der Waals surface area contributed by atoms with Gasteiger partial charge in [-0.3, -0.25) is 4.79 Å². The van der Waals surface area contributed by atoms with E-state index in [2.05, 4.69) is 90.1 Å². The van der Waals surface area contributed by atoms with E-state index in [0.717, 1.165) is 27.0 Å². The zero-order valence-corrected chi connectivity index (χ0v) is 31.8. The highest BCUT2D eigenvalue weighted by atomic mass is 28.4. The molecular weight excluding hydrogens is 645 g/mol. The first-order chi connectivity index (χ1) is 23.3. The molecule has 4 aromatic rings. The van der Waals surface area contributed by atoms with Crippen molar-refractivity contribution in [2.24, 2.45) is 0 Å². The van der Waals surface area contributed by atoms with Crippen LogP contribution in [0.25, 0.3) is 0 Å². The number of rotatable bonds is 15. The SMILES string of the molecule is CCOC(=O)C(=O)C[C@@H](C[C@@H](C=O)O[Si](c1ccccc1)(c1ccccc1)C(C)(C)C)O[Si](c1ccccc1)(c1ccccc1)C(C)(C)C. The predicted molar refractivity (Wildman–Crippen MR) is 202 cm³/mol. The minimum Gasteiger partial charge on any atom is -0.460 e. The van der Waals surface area contributed by atoms with Crippen LogP contribution < -0.4 is 20.7 Å². The molecule has 0 saturated carbocycles. The van der Waals surface area contributed by atoms with E-state index < -0.39 is 45.6 Å². The third kappa shape index (κ3) is 8.27. The monoisotopic (exact) mass is 694 g/mol. The van der Waals surface area contributed by atoms with Gasteiger partial charge in [0.05, 0.1) is 12.7 Å². The summed E-state index contributed by atoms with van der Waals surface area (Å²) in [5, 5.41) is 3.33. The number of carbonyl (C=O) groups excluding carboxylic acids is 3. The number of ketones is 1. The smallest absolute Gasteiger partial charge is 0.374 e. The topological polar surface area (TPSA) is 78.9 Å². The fourth-order valence-electron chi connectivity index (χ4n) is 6.92. The molecule has 0 N–H and O–H groups in total. The fraction of sp³-hybridized carbons (Fsp3) is 0.341. The number of aldehydes is 1. The van der Waals surface area contributed by atoms with Gasteiger partial charge in [0.15, 0.2) is 0 Å². The lowest BCUT2D eigenvalue weighted by Crippen LogP contribution is -2.69. The Bertz CT molecular complexity index is 1570. The molecule has 0 aliphatic heterocycles. The van der Waals surface area contributed by atoms with Crippen LogP contribution in [0.2, 0.25) is 10.1 Å². The highest BCUT2D eigenvalue weighted by molar-refractivity contribution is 7.00. The first-order valence-electron chi connectivity index (χ1n) is 17.0. The van der Waals surface area contributed by atoms with Gasteiger partial charge >= 0.3 is 5.97 Å². The summed E-state index contributed by atoms with van der Waals surface area (Å²) in [7, 11) is -6.35. The lowest BCUT2D eigenvalue weighted by atomic mass is 10.1. The minimum atomic E-state index is -3.20. The average Bonchev–Trinajstić information content (AvgIpc) is 3.09. The molecule has 2 atom stereocenters. The number of Topliss-reactive ketones (excluding diaryl/α,β-unsaturated/α-hetero) is 1. The first kappa shape index (κ1) is 37.9. The largest absolute Gasteiger partial charge is 0.460 e. The van der Waals surface area contributed by atoms with Gasteiger partial charge in [0.2, 0.25) is 5.78 Å². The zero-order valence-electron chi connectivity index (χ0n) is 29.8. The number of carbonyl (C=O) groups is 3. The predicted octanol–water partition coefficient (Wildman–Crippen LogP) is 5.99. The Morgan fingerprint density at radius 1 is 0.612 bits per heavy atom. The molecular formula is C41H50O6Si2. The van der Waals surface area contributed by atoms with Crippen LogP contribution in [0.4, 0.5) is 0 Å². The third-order valence-electron chi connectivity index (χ3n) is 9.07. The molecule has 0 bridgehead atoms. The molecule has 0 heterocycles. The molecule has 0 aliphatic rings. The molecule has 6 nitrogen and oxygen atoms in total. The van der Waals surface area contributed by atoms with Gasteiger partial charge in [0, 0.05) is 12.8 Å². The summed E-state index contributed by atoms with van der Waals surface area (Å²) in [5.41, 5.74) is 0. The Kier molecular flexibility index (Phi) is 12.5. The first-order valence-corrected chi connectivity index (χ1v) is 20.8. The van der Waals surface area contributed by atoms with E-state index in [0.29, 0.717) is 0 Å². The molecule has 49 heavy (non-hydrogen) atoms. The van der Waals surface area contributed by atoms with Gasteiger partial charge in [-0.25, -0.2) is 4.79 Å². The van der Waals surface area contributed by atoms with Crippen LogP contribution in [0.15, 0.2) is 121 Å². The Balaban J connectivity index is 1.88. The summed E-state index contributed by atoms with van der Waals surface area (Å²) in [4.78, 5) is 39.4. The normalized spacial score (nSPS) is 13.7. The second kappa shape index (κ2) is 16.2. The number of esters is 1. The van der Waals surface area contributed by atoms with E-state index in [1.807, 2.05) is 72.8 Å². The number of benzene rings is 4. The Labute approximate surface area is 294 Å². The molecule has 0 aliphatic carbocycles. The average molecular weight is 695 g/mol. The van der Waals surface area contributed by atoms with Crippen molar-refractivity contribution >= 4 is 55.4 Å². The standard InChI is InChI=1S/C41H50O6Si2/c1-8-45-39(44)38(43)30-32(46-48(40(2,3)4,34-21-13-9-14-22-34)35-23-15-10-16-24-35)29-33(31-42)47-49(41(5,6)7,36-25-17-11-18-26-36)37-27-19-12-20-28-37/h9-28,31-33H,8,29-30H2,1-7H3/t32-,33+/m1/s1. The van der Waals surface area contributed by atoms with Crippen molar-refractivity contribution in [1.82, 2.24) is 0 Å². The second-order valence-electron chi connectivity index (χ2n) is 14.4. The third-order valence-corrected chi connectivity index (χ3v) is 19.2. The van der Waals surface area contributed by atoms with Crippen molar-refractivity contribution in [1.29, 1.82) is 0 Å². The Morgan fingerprint density at radius 2 is 0.959 bits per heavy atom. The second-order valence-corrected chi connectivity index (χ2v) is 22.9. The van der Waals surface area contributed by atoms with E-state index in [-0.39, 0.29) is 24.5 Å². The Morgan fingerprint density at radius 3 is 1.27 bits per heavy atom. The Hall–Kier alpha value is -3.96. The van der Waals surface area contributed by atoms with E-state index in [1.54, 1.807) is 6.92 Å². The molecule has 4 rings (SSSR count). The fourth-order valence-corrected chi connectivity index (χ4v) is 16.2. The van der Waals surface area contributed by atoms with Crippen molar-refractivity contribution in [2.45, 2.75) is 83.6 Å². The molecule has 258 valence electrons. The van der Waals surface area contributed by atoms with Crippen molar-refractivity contribution in [2.75, 3.05) is 6.61 Å². The zero-order chi connectivity index (χ0) is 35.7. The molecule has 8 heteroatoms. The van der Waals surface area contributed by atoms with E-state index in [1.165, 1.54) is 0 Å². The van der Waals surface area contributed by atoms with Crippen molar-refractivity contribution < 1.29 is 28.0 Å². The summed E-state index contributed by atoms with van der Waals surface area (Å²) in [6.07, 6.45) is -1.13. The minimum absolute atomic E-state index is 0.0731. The van der Waals surface area contributed by atoms with Crippen LogP contribution in [-0.2, 0) is 28.0 Å². The molecule has 0 amide bonds. The van der Waals surface area contributed by atoms with Crippen LogP contribution in [0.3, 0.4) is 0 Å². The van der Waals surface area contributed by atoms with Crippen LogP contribution in [0, 0.1) is 0 Å². The highest BCUT2D eigenvalue weighted by Crippen LogP contribution is 2.40. The highest BCUT2D eigenvalue weighted by Gasteiger charge is 2.54. The van der Waals surface area contributed by atoms with Gasteiger partial charge in [-0.1, -0.05) is 163 Å². The summed E-state index contributed by atoms with van der Waals surface area (Å²) < 4.78 is 19.8. The van der Waals surface area contributed by atoms with Crippen LogP contribution in [0.5, 0.6) is 0 Å². The van der Waals surface area contributed by atoms with Crippen molar-refractivity contribution in [3.63, 3.8) is 0 Å². The quantitative estimate of drug-likeness (QED) is 0.0659. The number of ether oxygens (including phenoxy) is 1. The van der Waals surface area contributed by atoms with Crippen molar-refractivity contribution in [3.05, 3.63) is 121 Å². The molecule has 0 radical (unpaired) electrons. The van der Waals surface area contributed by atoms with Gasteiger partial charge in [0.1, 0.15) is 12.4 Å². The van der Waals surface area contributed by atoms with Crippen LogP contribution in [-0.4, -0.2) is 53.5 Å². The van der Waals surface area contributed by atoms with Crippen LogP contribution >= 0.6 is 0 Å². The van der Waals surface area contributed by atoms with Crippen LogP contribution in [0.1, 0.15) is 61.3 Å². The number of hydrogen-bond donors (Lipinski definition) is 0. The summed E-state index contributed by atoms with van der Waals surface area (Å²) in [5.74, 6) is -1.60.